The molecule has 0 aliphatic carbocycles. The van der Waals surface area contributed by atoms with Crippen LogP contribution in [0, 0.1) is 12.0 Å². The van der Waals surface area contributed by atoms with Gasteiger partial charge in [-0.1, -0.05) is 31.2 Å². The van der Waals surface area contributed by atoms with E-state index in [0.29, 0.717) is 48.8 Å². The molecule has 0 aliphatic heterocycles. The molecule has 2 atom stereocenters. The van der Waals surface area contributed by atoms with E-state index >= 15 is 0 Å². The van der Waals surface area contributed by atoms with Crippen LogP contribution in [0.2, 0.25) is 0 Å². The summed E-state index contributed by atoms with van der Waals surface area (Å²) < 4.78 is 27.3. The topological polar surface area (TPSA) is 139 Å². The number of rotatable bonds is 13. The van der Waals surface area contributed by atoms with Gasteiger partial charge >= 0.3 is 5.97 Å². The van der Waals surface area contributed by atoms with Crippen LogP contribution in [0.4, 0.5) is 11.5 Å². The molecule has 198 valence electrons. The van der Waals surface area contributed by atoms with Gasteiger partial charge in [0.2, 0.25) is 0 Å². The maximum absolute atomic E-state index is 14.1. The van der Waals surface area contributed by atoms with Gasteiger partial charge in [-0.25, -0.2) is 19.8 Å². The van der Waals surface area contributed by atoms with Crippen LogP contribution in [0.15, 0.2) is 36.9 Å². The van der Waals surface area contributed by atoms with Crippen molar-refractivity contribution in [1.82, 2.24) is 24.6 Å². The lowest BCUT2D eigenvalue weighted by Gasteiger charge is -2.29. The van der Waals surface area contributed by atoms with Crippen LogP contribution in [0.5, 0.6) is 0 Å². The smallest absolute Gasteiger partial charge is 0.312 e. The Kier molecular flexibility index (Phi) is 9.38. The number of nitrogen functional groups attached to an aromatic ring is 1. The summed E-state index contributed by atoms with van der Waals surface area (Å²) >= 11 is 0. The van der Waals surface area contributed by atoms with Crippen LogP contribution < -0.4 is 10.8 Å². The van der Waals surface area contributed by atoms with Crippen LogP contribution >= 0.6 is 7.29 Å². The number of ether oxygens (including phenoxy) is 2. The summed E-state index contributed by atoms with van der Waals surface area (Å²) in [6, 6.07) is 7.05. The molecule has 0 fully saturated rings. The Hall–Kier alpha value is -3.32. The van der Waals surface area contributed by atoms with E-state index in [1.807, 2.05) is 26.0 Å². The Morgan fingerprint density at radius 2 is 2.00 bits per heavy atom. The predicted molar refractivity (Wildman–Crippen MR) is 142 cm³/mol. The lowest BCUT2D eigenvalue weighted by Crippen LogP contribution is -2.34. The summed E-state index contributed by atoms with van der Waals surface area (Å²) in [7, 11) is -3.21. The normalized spacial score (nSPS) is 14.1. The molecule has 3 aromatic rings. The molecule has 1 aromatic carbocycles. The highest BCUT2D eigenvalue weighted by Gasteiger charge is 2.38. The molecule has 1 unspecified atom stereocenters. The van der Waals surface area contributed by atoms with Crippen LogP contribution in [0.25, 0.3) is 16.0 Å². The van der Waals surface area contributed by atoms with Crippen molar-refractivity contribution in [3.05, 3.63) is 53.9 Å². The van der Waals surface area contributed by atoms with Gasteiger partial charge in [-0.05, 0) is 32.8 Å². The van der Waals surface area contributed by atoms with Crippen LogP contribution in [0.3, 0.4) is 0 Å². The van der Waals surface area contributed by atoms with Crippen molar-refractivity contribution in [2.75, 3.05) is 24.9 Å². The van der Waals surface area contributed by atoms with Crippen LogP contribution in [-0.4, -0.2) is 50.7 Å². The Bertz CT molecular complexity index is 1300. The van der Waals surface area contributed by atoms with Crippen molar-refractivity contribution in [3.63, 3.8) is 0 Å². The van der Waals surface area contributed by atoms with Crippen molar-refractivity contribution >= 4 is 35.9 Å². The fourth-order valence-electron chi connectivity index (χ4n) is 3.77. The first-order valence-corrected chi connectivity index (χ1v) is 14.1. The summed E-state index contributed by atoms with van der Waals surface area (Å²) in [6.45, 7) is 15.4. The Morgan fingerprint density at radius 3 is 2.68 bits per heavy atom. The molecule has 0 bridgehead atoms. The molecule has 2 heterocycles. The number of carbonyl (C=O) groups is 1. The number of hydrogen-bond donors (Lipinski definition) is 2. The minimum absolute atomic E-state index is 0.0627. The number of carbonyl (C=O) groups excluding carboxylic acids is 1. The molecule has 0 saturated carbocycles. The molecule has 3 N–H and O–H groups in total. The second-order valence-corrected chi connectivity index (χ2v) is 12.3. The fraction of sp³-hybridized carbons (Fsp3) is 0.480. The number of fused-ring (bicyclic) bond motifs is 1. The minimum atomic E-state index is -3.21. The molecule has 11 nitrogen and oxygen atoms in total. The summed E-state index contributed by atoms with van der Waals surface area (Å²) in [4.78, 5) is 28.5. The highest BCUT2D eigenvalue weighted by Crippen LogP contribution is 2.47. The first-order chi connectivity index (χ1) is 17.6. The Morgan fingerprint density at radius 1 is 1.27 bits per heavy atom. The van der Waals surface area contributed by atoms with Crippen LogP contribution in [-0.2, 0) is 31.9 Å². The van der Waals surface area contributed by atoms with Gasteiger partial charge in [0.25, 0.3) is 0 Å². The highest BCUT2D eigenvalue weighted by molar-refractivity contribution is 7.61. The van der Waals surface area contributed by atoms with Gasteiger partial charge in [0.1, 0.15) is 18.2 Å². The maximum atomic E-state index is 14.1. The predicted octanol–water partition coefficient (Wildman–Crippen LogP) is 4.37. The molecule has 0 saturated heterocycles. The number of nitrogens with two attached hydrogens (primary N) is 1. The van der Waals surface area contributed by atoms with Crippen molar-refractivity contribution in [2.24, 2.45) is 5.41 Å². The van der Waals surface area contributed by atoms with E-state index in [4.69, 9.17) is 21.8 Å². The third-order valence-corrected chi connectivity index (χ3v) is 8.33. The van der Waals surface area contributed by atoms with E-state index in [-0.39, 0.29) is 18.6 Å². The van der Waals surface area contributed by atoms with Gasteiger partial charge in [-0.15, -0.1) is 0 Å². The van der Waals surface area contributed by atoms with Crippen LogP contribution in [0.1, 0.15) is 39.7 Å². The van der Waals surface area contributed by atoms with E-state index in [2.05, 4.69) is 24.9 Å². The van der Waals surface area contributed by atoms with Crippen molar-refractivity contribution in [3.8, 4) is 0 Å². The third kappa shape index (κ3) is 7.59. The zero-order valence-electron chi connectivity index (χ0n) is 21.7. The minimum Gasteiger partial charge on any atom is -0.465 e. The molecular weight excluding hydrogens is 493 g/mol. The molecule has 3 rings (SSSR count). The van der Waals surface area contributed by atoms with E-state index in [0.717, 1.165) is 5.56 Å². The summed E-state index contributed by atoms with van der Waals surface area (Å²) in [5.41, 5.74) is 7.40. The number of imidazole rings is 1. The Labute approximate surface area is 217 Å². The largest absolute Gasteiger partial charge is 0.465 e. The van der Waals surface area contributed by atoms with E-state index in [9.17, 15) is 9.36 Å². The van der Waals surface area contributed by atoms with Crippen molar-refractivity contribution in [1.29, 1.82) is 0 Å². The lowest BCUT2D eigenvalue weighted by atomic mass is 9.97. The number of nitrogens with zero attached hydrogens (tertiary/aromatic N) is 5. The zero-order chi connectivity index (χ0) is 27.1. The second-order valence-electron chi connectivity index (χ2n) is 9.61. The van der Waals surface area contributed by atoms with Gasteiger partial charge in [0.05, 0.1) is 37.6 Å². The van der Waals surface area contributed by atoms with Gasteiger partial charge in [0, 0.05) is 12.7 Å². The third-order valence-electron chi connectivity index (χ3n) is 5.73. The summed E-state index contributed by atoms with van der Waals surface area (Å²) in [5.74, 6) is -0.0966. The average molecular weight is 528 g/mol. The first-order valence-electron chi connectivity index (χ1n) is 12.1. The average Bonchev–Trinajstić information content (AvgIpc) is 3.29. The number of nitrogens with one attached hydrogen (secondary N) is 1. The zero-order valence-corrected chi connectivity index (χ0v) is 22.6. The van der Waals surface area contributed by atoms with Gasteiger partial charge in [0.15, 0.2) is 24.4 Å². The summed E-state index contributed by atoms with van der Waals surface area (Å²) in [5, 5.41) is 3.16. The number of aromatic nitrogens is 4. The quantitative estimate of drug-likeness (QED) is 0.188. The maximum Gasteiger partial charge on any atom is 0.312 e. The summed E-state index contributed by atoms with van der Waals surface area (Å²) in [6.07, 6.45) is 3.35. The van der Waals surface area contributed by atoms with Gasteiger partial charge < -0.3 is 24.3 Å². The molecule has 0 amide bonds. The number of benzene rings is 1. The standard InChI is InChI=1S/C25H34N7O4P/c1-6-11-35-24(33)25(3,4)14-37(34,31-12-19-7-9-20(27-5)10-8-19)17-36-18(2)13-32-16-30-21-22(26)28-15-29-23(21)32/h7-10,15-16,18H,6,11-14,17H2,1-4H3,(H,31,34)(H2,26,28,29)/t18-,37?/m1/s1. The van der Waals surface area contributed by atoms with E-state index < -0.39 is 18.7 Å². The number of hydrogen-bond acceptors (Lipinski definition) is 8. The monoisotopic (exact) mass is 527 g/mol. The van der Waals surface area contributed by atoms with E-state index in [1.165, 1.54) is 6.33 Å². The number of anilines is 1. The first kappa shape index (κ1) is 28.3. The van der Waals surface area contributed by atoms with Crippen molar-refractivity contribution in [2.45, 2.75) is 53.3 Å². The molecule has 0 radical (unpaired) electrons. The lowest BCUT2D eigenvalue weighted by molar-refractivity contribution is -0.152. The molecule has 0 aliphatic rings. The van der Waals surface area contributed by atoms with Gasteiger partial charge in [-0.2, -0.15) is 0 Å². The highest BCUT2D eigenvalue weighted by atomic mass is 31.2. The molecule has 0 spiro atoms. The molecular formula is C25H34N7O4P. The number of esters is 1. The van der Waals surface area contributed by atoms with Gasteiger partial charge in [-0.3, -0.25) is 9.88 Å². The molecule has 37 heavy (non-hydrogen) atoms. The molecule has 12 heteroatoms. The SMILES string of the molecule is [C-]#[N+]c1ccc(CNP(=O)(CO[C@H](C)Cn2cnc3c(N)ncnc32)CC(C)(C)C(=O)OCCC)cc1. The molecule has 2 aromatic heterocycles. The van der Waals surface area contributed by atoms with E-state index in [1.54, 1.807) is 36.9 Å². The van der Waals surface area contributed by atoms with Crippen molar-refractivity contribution < 1.29 is 18.8 Å². The second kappa shape index (κ2) is 12.3. The Balaban J connectivity index is 1.72. The fourth-order valence-corrected chi connectivity index (χ4v) is 6.44.